The van der Waals surface area contributed by atoms with Crippen molar-refractivity contribution < 1.29 is 28.7 Å². The summed E-state index contributed by atoms with van der Waals surface area (Å²) in [5, 5.41) is 20.7. The third-order valence-corrected chi connectivity index (χ3v) is 5.72. The van der Waals surface area contributed by atoms with Gasteiger partial charge in [-0.3, -0.25) is 29.5 Å². The van der Waals surface area contributed by atoms with Crippen molar-refractivity contribution in [3.05, 3.63) is 49.5 Å². The molecule has 0 aliphatic carbocycles. The smallest absolute Gasteiger partial charge is 0.341 e. The molecular formula is C20H23FN4O7. The van der Waals surface area contributed by atoms with Gasteiger partial charge in [-0.25, -0.2) is 9.18 Å². The molecule has 11 nitrogen and oxygen atoms in total. The number of aromatic nitrogens is 1. The van der Waals surface area contributed by atoms with Gasteiger partial charge >= 0.3 is 17.6 Å². The third-order valence-electron chi connectivity index (χ3n) is 5.72. The van der Waals surface area contributed by atoms with E-state index in [0.29, 0.717) is 13.1 Å². The molecule has 2 heterocycles. The number of hydrogen-bond donors (Lipinski definition) is 2. The number of halogens is 1. The molecule has 1 unspecified atom stereocenters. The van der Waals surface area contributed by atoms with Crippen molar-refractivity contribution in [3.63, 3.8) is 0 Å². The minimum Gasteiger partial charge on any atom is -0.477 e. The van der Waals surface area contributed by atoms with Gasteiger partial charge in [0.2, 0.25) is 5.43 Å². The molecule has 2 aromatic rings. The maximum atomic E-state index is 15.3. The van der Waals surface area contributed by atoms with Gasteiger partial charge < -0.3 is 14.8 Å². The van der Waals surface area contributed by atoms with Crippen molar-refractivity contribution in [1.82, 2.24) is 14.8 Å². The standard InChI is InChI=1S/C20H23FN4O7/c1-10(9-32-11(2)26)24-5-4-23(3)15(8-24)16-14(21)6-12-17(18(16)25(30)31)22-7-13(19(12)27)20(28)29/h6-7,10,15H,4-5,8-9H2,1-3H3,(H,22,27)(H,28,29)/t10-,15?/m0/s1. The highest BCUT2D eigenvalue weighted by molar-refractivity contribution is 5.95. The van der Waals surface area contributed by atoms with Crippen molar-refractivity contribution in [2.24, 2.45) is 0 Å². The number of H-pyrrole nitrogens is 1. The number of carbonyl (C=O) groups excluding carboxylic acids is 1. The normalized spacial score (nSPS) is 18.4. The Morgan fingerprint density at radius 1 is 1.44 bits per heavy atom. The average Bonchev–Trinajstić information content (AvgIpc) is 2.72. The molecule has 3 rings (SSSR count). The van der Waals surface area contributed by atoms with Crippen LogP contribution in [0.1, 0.15) is 35.8 Å². The van der Waals surface area contributed by atoms with E-state index in [9.17, 15) is 24.5 Å². The second-order valence-electron chi connectivity index (χ2n) is 7.78. The van der Waals surface area contributed by atoms with Gasteiger partial charge in [-0.15, -0.1) is 0 Å². The van der Waals surface area contributed by atoms with E-state index in [2.05, 4.69) is 4.98 Å². The molecule has 12 heteroatoms. The number of fused-ring (bicyclic) bond motifs is 1. The fraction of sp³-hybridized carbons (Fsp3) is 0.450. The number of hydrogen-bond acceptors (Lipinski definition) is 8. The minimum absolute atomic E-state index is 0.124. The Balaban J connectivity index is 2.11. The van der Waals surface area contributed by atoms with E-state index in [1.54, 1.807) is 11.9 Å². The van der Waals surface area contributed by atoms with Gasteiger partial charge in [0.05, 0.1) is 21.9 Å². The summed E-state index contributed by atoms with van der Waals surface area (Å²) in [5.74, 6) is -2.92. The number of nitrogens with one attached hydrogen (secondary N) is 1. The number of aromatic amines is 1. The van der Waals surface area contributed by atoms with Gasteiger partial charge in [0.15, 0.2) is 0 Å². The second kappa shape index (κ2) is 9.01. The van der Waals surface area contributed by atoms with Crippen LogP contribution in [0.25, 0.3) is 10.9 Å². The van der Waals surface area contributed by atoms with Crippen molar-refractivity contribution in [1.29, 1.82) is 0 Å². The van der Waals surface area contributed by atoms with Crippen LogP contribution in [0.2, 0.25) is 0 Å². The Bertz CT molecular complexity index is 1150. The van der Waals surface area contributed by atoms with E-state index in [1.807, 2.05) is 11.8 Å². The first-order chi connectivity index (χ1) is 15.0. The molecule has 1 fully saturated rings. The number of carbonyl (C=O) groups is 2. The number of nitro benzene ring substituents is 1. The molecular weight excluding hydrogens is 427 g/mol. The summed E-state index contributed by atoms with van der Waals surface area (Å²) < 4.78 is 20.3. The summed E-state index contributed by atoms with van der Waals surface area (Å²) in [5.41, 5.74) is -2.69. The second-order valence-corrected chi connectivity index (χ2v) is 7.78. The van der Waals surface area contributed by atoms with Crippen LogP contribution in [0.15, 0.2) is 17.1 Å². The zero-order valence-corrected chi connectivity index (χ0v) is 17.8. The van der Waals surface area contributed by atoms with Gasteiger partial charge in [0.25, 0.3) is 0 Å². The minimum atomic E-state index is -1.52. The summed E-state index contributed by atoms with van der Waals surface area (Å²) in [4.78, 5) is 52.2. The topological polar surface area (TPSA) is 146 Å². The molecule has 0 amide bonds. The lowest BCUT2D eigenvalue weighted by Crippen LogP contribution is -2.51. The molecule has 1 aliphatic rings. The first-order valence-electron chi connectivity index (χ1n) is 9.86. The highest BCUT2D eigenvalue weighted by Crippen LogP contribution is 2.37. The summed E-state index contributed by atoms with van der Waals surface area (Å²) in [6.07, 6.45) is 0.875. The summed E-state index contributed by atoms with van der Waals surface area (Å²) in [6.45, 7) is 4.53. The Kier molecular flexibility index (Phi) is 6.55. The van der Waals surface area contributed by atoms with Crippen molar-refractivity contribution in [3.8, 4) is 0 Å². The Hall–Kier alpha value is -3.38. The van der Waals surface area contributed by atoms with Gasteiger partial charge in [-0.1, -0.05) is 0 Å². The number of carboxylic acids is 1. The highest BCUT2D eigenvalue weighted by Gasteiger charge is 2.37. The quantitative estimate of drug-likeness (QED) is 0.380. The van der Waals surface area contributed by atoms with Crippen LogP contribution in [0, 0.1) is 15.9 Å². The molecule has 0 radical (unpaired) electrons. The number of aromatic carboxylic acids is 1. The van der Waals surface area contributed by atoms with Crippen LogP contribution >= 0.6 is 0 Å². The van der Waals surface area contributed by atoms with Crippen LogP contribution < -0.4 is 5.43 Å². The predicted octanol–water partition coefficient (Wildman–Crippen LogP) is 1.51. The van der Waals surface area contributed by atoms with Gasteiger partial charge in [0, 0.05) is 38.8 Å². The Morgan fingerprint density at radius 2 is 2.12 bits per heavy atom. The van der Waals surface area contributed by atoms with Crippen LogP contribution in [-0.2, 0) is 9.53 Å². The van der Waals surface area contributed by atoms with E-state index in [1.165, 1.54) is 6.92 Å². The van der Waals surface area contributed by atoms with E-state index in [0.717, 1.165) is 12.3 Å². The van der Waals surface area contributed by atoms with Crippen LogP contribution in [0.4, 0.5) is 10.1 Å². The molecule has 172 valence electrons. The first-order valence-corrected chi connectivity index (χ1v) is 9.86. The third kappa shape index (κ3) is 4.32. The van der Waals surface area contributed by atoms with E-state index in [4.69, 9.17) is 9.84 Å². The summed E-state index contributed by atoms with van der Waals surface area (Å²) in [6, 6.07) is -0.0792. The lowest BCUT2D eigenvalue weighted by atomic mass is 9.96. The van der Waals surface area contributed by atoms with E-state index >= 15 is 4.39 Å². The molecule has 1 saturated heterocycles. The number of pyridine rings is 1. The lowest BCUT2D eigenvalue weighted by molar-refractivity contribution is -0.384. The molecule has 32 heavy (non-hydrogen) atoms. The van der Waals surface area contributed by atoms with Gasteiger partial charge in [0.1, 0.15) is 23.5 Å². The Morgan fingerprint density at radius 3 is 2.72 bits per heavy atom. The zero-order chi connectivity index (χ0) is 23.7. The van der Waals surface area contributed by atoms with Gasteiger partial charge in [-0.05, 0) is 20.0 Å². The van der Waals surface area contributed by atoms with Crippen molar-refractivity contribution >= 4 is 28.5 Å². The number of ether oxygens (including phenoxy) is 1. The van der Waals surface area contributed by atoms with E-state index in [-0.39, 0.29) is 30.3 Å². The van der Waals surface area contributed by atoms with Crippen molar-refractivity contribution in [2.45, 2.75) is 25.9 Å². The molecule has 1 aliphatic heterocycles. The SMILES string of the molecule is CC(=O)OC[C@H](C)N1CCN(C)C(c2c(F)cc3c(=O)c(C(=O)O)c[nH]c3c2[N+](=O)[O-])C1. The first kappa shape index (κ1) is 23.3. The number of likely N-dealkylation sites (N-methyl/N-ethyl adjacent to an activating group) is 1. The number of nitro groups is 1. The van der Waals surface area contributed by atoms with Gasteiger partial charge in [-0.2, -0.15) is 0 Å². The Labute approximate surface area is 181 Å². The predicted molar refractivity (Wildman–Crippen MR) is 111 cm³/mol. The number of carboxylic acid groups (broad SMARTS) is 1. The monoisotopic (exact) mass is 450 g/mol. The number of piperazine rings is 1. The largest absolute Gasteiger partial charge is 0.477 e. The molecule has 0 bridgehead atoms. The van der Waals surface area contributed by atoms with Crippen LogP contribution in [-0.4, -0.2) is 76.1 Å². The fourth-order valence-electron chi connectivity index (χ4n) is 3.95. The maximum Gasteiger partial charge on any atom is 0.341 e. The number of rotatable bonds is 6. The number of benzene rings is 1. The molecule has 0 spiro atoms. The zero-order valence-electron chi connectivity index (χ0n) is 17.8. The molecule has 1 aromatic carbocycles. The van der Waals surface area contributed by atoms with E-state index < -0.39 is 50.8 Å². The molecule has 1 aromatic heterocycles. The maximum absolute atomic E-state index is 15.3. The number of nitrogens with zero attached hydrogens (tertiary/aromatic N) is 3. The summed E-state index contributed by atoms with van der Waals surface area (Å²) >= 11 is 0. The van der Waals surface area contributed by atoms with Crippen molar-refractivity contribution in [2.75, 3.05) is 33.3 Å². The number of esters is 1. The average molecular weight is 450 g/mol. The van der Waals surface area contributed by atoms with Crippen LogP contribution in [0.5, 0.6) is 0 Å². The lowest BCUT2D eigenvalue weighted by Gasteiger charge is -2.42. The molecule has 2 atom stereocenters. The fourth-order valence-corrected chi connectivity index (χ4v) is 3.95. The summed E-state index contributed by atoms with van der Waals surface area (Å²) in [7, 11) is 1.71. The highest BCUT2D eigenvalue weighted by atomic mass is 19.1. The van der Waals surface area contributed by atoms with Crippen LogP contribution in [0.3, 0.4) is 0 Å². The molecule has 0 saturated carbocycles. The molecule has 2 N–H and O–H groups in total.